The zero-order valence-corrected chi connectivity index (χ0v) is 20.5. The maximum Gasteiger partial charge on any atom is 0.340 e. The third kappa shape index (κ3) is 6.01. The second-order valence-electron chi connectivity index (χ2n) is 8.68. The van der Waals surface area contributed by atoms with E-state index >= 15 is 0 Å². The van der Waals surface area contributed by atoms with Gasteiger partial charge in [0.25, 0.3) is 11.8 Å². The Bertz CT molecular complexity index is 1160. The third-order valence-electron chi connectivity index (χ3n) is 6.20. The molecule has 2 aliphatic rings. The minimum Gasteiger partial charge on any atom is -0.484 e. The summed E-state index contributed by atoms with van der Waals surface area (Å²) in [5.74, 6) is -0.511. The van der Waals surface area contributed by atoms with Gasteiger partial charge >= 0.3 is 5.97 Å². The maximum absolute atomic E-state index is 13.2. The number of hydrogen-bond acceptors (Lipinski definition) is 6. The van der Waals surface area contributed by atoms with E-state index in [1.165, 1.54) is 7.11 Å². The number of nitrogens with one attached hydrogen (secondary N) is 1. The van der Waals surface area contributed by atoms with Crippen LogP contribution in [0.25, 0.3) is 6.08 Å². The maximum atomic E-state index is 13.2. The summed E-state index contributed by atoms with van der Waals surface area (Å²) in [6, 6.07) is 16.6. The number of nitrogens with zero attached hydrogens (tertiary/aromatic N) is 1. The summed E-state index contributed by atoms with van der Waals surface area (Å²) < 4.78 is 16.2. The molecule has 188 valence electrons. The fraction of sp³-hybridized carbons (Fsp3) is 0.321. The van der Waals surface area contributed by atoms with E-state index in [1.54, 1.807) is 42.2 Å². The summed E-state index contributed by atoms with van der Waals surface area (Å²) in [5, 5.41) is 2.82. The van der Waals surface area contributed by atoms with Crippen molar-refractivity contribution >= 4 is 23.9 Å². The Morgan fingerprint density at radius 1 is 1.14 bits per heavy atom. The number of ether oxygens (including phenoxy) is 3. The molecule has 8 heteroatoms. The number of allylic oxidation sites excluding steroid dienone is 1. The van der Waals surface area contributed by atoms with Gasteiger partial charge in [-0.1, -0.05) is 42.5 Å². The van der Waals surface area contributed by atoms with Crippen LogP contribution in [0.4, 0.5) is 0 Å². The van der Waals surface area contributed by atoms with E-state index in [1.807, 2.05) is 30.3 Å². The number of amides is 2. The monoisotopic (exact) mass is 490 g/mol. The first-order chi connectivity index (χ1) is 17.5. The average Bonchev–Trinajstić information content (AvgIpc) is 3.50. The van der Waals surface area contributed by atoms with Crippen LogP contribution in [-0.4, -0.2) is 55.7 Å². The van der Waals surface area contributed by atoms with Crippen molar-refractivity contribution in [3.05, 3.63) is 82.6 Å². The first kappa shape index (κ1) is 25.2. The first-order valence-corrected chi connectivity index (χ1v) is 11.9. The van der Waals surface area contributed by atoms with Crippen molar-refractivity contribution in [1.82, 2.24) is 10.2 Å². The van der Waals surface area contributed by atoms with E-state index in [0.717, 1.165) is 18.4 Å². The SMILES string of the molecule is COC(=O)C1=C(C)N(C[C@H]2CCCO2)C(=O)/C1=C\c1ccc(OCC(=O)NCc2ccccc2)cc1. The fourth-order valence-corrected chi connectivity index (χ4v) is 4.26. The smallest absolute Gasteiger partial charge is 0.340 e. The standard InChI is InChI=1S/C28H30N2O6/c1-19-26(28(33)34-2)24(27(32)30(19)17-23-9-6-14-35-23)15-20-10-12-22(13-11-20)36-18-25(31)29-16-21-7-4-3-5-8-21/h3-5,7-8,10-13,15,23H,6,9,14,16-18H2,1-2H3,(H,29,31)/b24-15-/t23-/m1/s1. The molecule has 1 fully saturated rings. The Morgan fingerprint density at radius 2 is 1.89 bits per heavy atom. The molecule has 8 nitrogen and oxygen atoms in total. The molecule has 1 N–H and O–H groups in total. The molecule has 0 unspecified atom stereocenters. The molecule has 0 bridgehead atoms. The average molecular weight is 491 g/mol. The number of rotatable bonds is 9. The van der Waals surface area contributed by atoms with Crippen molar-refractivity contribution < 1.29 is 28.6 Å². The Balaban J connectivity index is 1.40. The van der Waals surface area contributed by atoms with E-state index in [-0.39, 0.29) is 35.7 Å². The largest absolute Gasteiger partial charge is 0.484 e. The van der Waals surface area contributed by atoms with Gasteiger partial charge in [0.15, 0.2) is 6.61 Å². The highest BCUT2D eigenvalue weighted by Crippen LogP contribution is 2.33. The summed E-state index contributed by atoms with van der Waals surface area (Å²) in [5.41, 5.74) is 2.83. The second kappa shape index (κ2) is 11.7. The van der Waals surface area contributed by atoms with Crippen molar-refractivity contribution in [2.24, 2.45) is 0 Å². The van der Waals surface area contributed by atoms with Crippen molar-refractivity contribution in [3.63, 3.8) is 0 Å². The van der Waals surface area contributed by atoms with Crippen LogP contribution < -0.4 is 10.1 Å². The fourth-order valence-electron chi connectivity index (χ4n) is 4.26. The molecule has 0 spiro atoms. The lowest BCUT2D eigenvalue weighted by molar-refractivity contribution is -0.136. The van der Waals surface area contributed by atoms with Crippen LogP contribution in [0.3, 0.4) is 0 Å². The molecular weight excluding hydrogens is 460 g/mol. The summed E-state index contributed by atoms with van der Waals surface area (Å²) in [4.78, 5) is 39.4. The normalized spacial score (nSPS) is 18.6. The van der Waals surface area contributed by atoms with Gasteiger partial charge in [-0.15, -0.1) is 0 Å². The minimum absolute atomic E-state index is 0.0385. The summed E-state index contributed by atoms with van der Waals surface area (Å²) >= 11 is 0. The van der Waals surface area contributed by atoms with Crippen LogP contribution in [0.15, 0.2) is 71.4 Å². The zero-order chi connectivity index (χ0) is 25.5. The van der Waals surface area contributed by atoms with E-state index in [4.69, 9.17) is 14.2 Å². The molecule has 2 aromatic rings. The third-order valence-corrected chi connectivity index (χ3v) is 6.20. The Labute approximate surface area is 210 Å². The second-order valence-corrected chi connectivity index (χ2v) is 8.68. The van der Waals surface area contributed by atoms with Gasteiger partial charge < -0.3 is 24.4 Å². The molecule has 2 aromatic carbocycles. The molecule has 36 heavy (non-hydrogen) atoms. The Kier molecular flexibility index (Phi) is 8.17. The lowest BCUT2D eigenvalue weighted by Gasteiger charge is -2.21. The molecule has 0 saturated carbocycles. The molecule has 1 saturated heterocycles. The molecule has 2 amide bonds. The van der Waals surface area contributed by atoms with Crippen LogP contribution in [0.1, 0.15) is 30.9 Å². The first-order valence-electron chi connectivity index (χ1n) is 11.9. The van der Waals surface area contributed by atoms with Gasteiger partial charge in [-0.2, -0.15) is 0 Å². The van der Waals surface area contributed by atoms with Crippen LogP contribution >= 0.6 is 0 Å². The van der Waals surface area contributed by atoms with Gasteiger partial charge in [0, 0.05) is 18.8 Å². The number of carbonyl (C=O) groups is 3. The molecule has 0 aliphatic carbocycles. The Hall–Kier alpha value is -3.91. The van der Waals surface area contributed by atoms with Crippen molar-refractivity contribution in [1.29, 1.82) is 0 Å². The highest BCUT2D eigenvalue weighted by molar-refractivity contribution is 6.16. The summed E-state index contributed by atoms with van der Waals surface area (Å²) in [7, 11) is 1.30. The molecule has 2 heterocycles. The summed E-state index contributed by atoms with van der Waals surface area (Å²) in [6.07, 6.45) is 3.48. The van der Waals surface area contributed by atoms with Crippen molar-refractivity contribution in [2.45, 2.75) is 32.4 Å². The van der Waals surface area contributed by atoms with Crippen LogP contribution in [-0.2, 0) is 30.4 Å². The van der Waals surface area contributed by atoms with Gasteiger partial charge in [-0.3, -0.25) is 9.59 Å². The van der Waals surface area contributed by atoms with Gasteiger partial charge in [0.2, 0.25) is 0 Å². The number of hydrogen-bond donors (Lipinski definition) is 1. The van der Waals surface area contributed by atoms with Crippen molar-refractivity contribution in [2.75, 3.05) is 26.9 Å². The highest BCUT2D eigenvalue weighted by atomic mass is 16.5. The number of methoxy groups -OCH3 is 1. The lowest BCUT2D eigenvalue weighted by atomic mass is 10.0. The molecule has 0 aromatic heterocycles. The van der Waals surface area contributed by atoms with E-state index in [9.17, 15) is 14.4 Å². The Morgan fingerprint density at radius 3 is 2.56 bits per heavy atom. The zero-order valence-electron chi connectivity index (χ0n) is 20.5. The minimum atomic E-state index is -0.552. The van der Waals surface area contributed by atoms with Crippen LogP contribution in [0.5, 0.6) is 5.75 Å². The van der Waals surface area contributed by atoms with E-state index in [0.29, 0.717) is 36.7 Å². The van der Waals surface area contributed by atoms with Crippen LogP contribution in [0, 0.1) is 0 Å². The van der Waals surface area contributed by atoms with Crippen molar-refractivity contribution in [3.8, 4) is 5.75 Å². The molecular formula is C28H30N2O6. The van der Waals surface area contributed by atoms with Gasteiger partial charge in [0.05, 0.1) is 30.9 Å². The predicted octanol–water partition coefficient (Wildman–Crippen LogP) is 3.23. The highest BCUT2D eigenvalue weighted by Gasteiger charge is 2.38. The van der Waals surface area contributed by atoms with Gasteiger partial charge in [0.1, 0.15) is 5.75 Å². The van der Waals surface area contributed by atoms with Crippen LogP contribution in [0.2, 0.25) is 0 Å². The topological polar surface area (TPSA) is 94.2 Å². The lowest BCUT2D eigenvalue weighted by Crippen LogP contribution is -2.33. The van der Waals surface area contributed by atoms with Gasteiger partial charge in [-0.05, 0) is 49.1 Å². The predicted molar refractivity (Wildman–Crippen MR) is 134 cm³/mol. The summed E-state index contributed by atoms with van der Waals surface area (Å²) in [6.45, 7) is 3.16. The van der Waals surface area contributed by atoms with Gasteiger partial charge in [-0.25, -0.2) is 4.79 Å². The number of esters is 1. The molecule has 2 aliphatic heterocycles. The quantitative estimate of drug-likeness (QED) is 0.429. The van der Waals surface area contributed by atoms with E-state index < -0.39 is 5.97 Å². The van der Waals surface area contributed by atoms with E-state index in [2.05, 4.69) is 5.32 Å². The molecule has 1 atom stereocenters. The number of benzene rings is 2. The molecule has 0 radical (unpaired) electrons. The molecule has 4 rings (SSSR count). The number of carbonyl (C=O) groups excluding carboxylic acids is 3.